The van der Waals surface area contributed by atoms with E-state index in [-0.39, 0.29) is 36.2 Å². The van der Waals surface area contributed by atoms with Gasteiger partial charge in [-0.25, -0.2) is 0 Å². The Balaban J connectivity index is 1.58. The van der Waals surface area contributed by atoms with E-state index in [2.05, 4.69) is 0 Å². The first-order valence-electron chi connectivity index (χ1n) is 10.00. The van der Waals surface area contributed by atoms with Gasteiger partial charge in [-0.2, -0.15) is 8.42 Å². The van der Waals surface area contributed by atoms with E-state index in [0.29, 0.717) is 24.5 Å². The van der Waals surface area contributed by atoms with Gasteiger partial charge in [0.1, 0.15) is 12.6 Å². The topological polar surface area (TPSA) is 78.9 Å². The van der Waals surface area contributed by atoms with Crippen molar-refractivity contribution in [2.75, 3.05) is 20.5 Å². The second kappa shape index (κ2) is 9.48. The molecule has 0 bridgehead atoms. The smallest absolute Gasteiger partial charge is 0.296 e. The molecule has 1 aromatic carbocycles. The number of carbonyl (C=O) groups excluding carboxylic acids is 1. The van der Waals surface area contributed by atoms with Crippen molar-refractivity contribution >= 4 is 15.9 Å². The van der Waals surface area contributed by atoms with Gasteiger partial charge in [-0.15, -0.1) is 0 Å². The molecule has 7 heteroatoms. The fourth-order valence-corrected chi connectivity index (χ4v) is 5.49. The normalized spacial score (nSPS) is 26.2. The Labute approximate surface area is 167 Å². The molecule has 4 atom stereocenters. The summed E-state index contributed by atoms with van der Waals surface area (Å²) in [5.41, 5.74) is 0.990. The number of hydrogen-bond donors (Lipinski definition) is 0. The molecule has 6 nitrogen and oxygen atoms in total. The Morgan fingerprint density at radius 3 is 2.61 bits per heavy atom. The standard InChI is InChI=1S/C21H30O6S/c1-15-6-8-18(9-7-15)28(23,24)27-11-10-21(26-14-25-2)17-12-16-4-3-5-20(22)19(16)13-17/h6-9,16-17,19,21H,3-5,10-14H2,1-2H3/t16-,17+,19+,21?/m0/s1. The van der Waals surface area contributed by atoms with Crippen molar-refractivity contribution in [3.63, 3.8) is 0 Å². The minimum absolute atomic E-state index is 0.0460. The van der Waals surface area contributed by atoms with Crippen LogP contribution in [0.15, 0.2) is 29.2 Å². The largest absolute Gasteiger partial charge is 0.359 e. The lowest BCUT2D eigenvalue weighted by molar-refractivity contribution is -0.126. The average Bonchev–Trinajstić information content (AvgIpc) is 3.10. The Morgan fingerprint density at radius 1 is 1.18 bits per heavy atom. The maximum Gasteiger partial charge on any atom is 0.296 e. The van der Waals surface area contributed by atoms with Crippen LogP contribution < -0.4 is 0 Å². The zero-order chi connectivity index (χ0) is 20.1. The second-order valence-electron chi connectivity index (χ2n) is 7.95. The molecule has 0 amide bonds. The van der Waals surface area contributed by atoms with Crippen molar-refractivity contribution in [1.82, 2.24) is 0 Å². The number of ether oxygens (including phenoxy) is 2. The molecule has 0 aliphatic heterocycles. The lowest BCUT2D eigenvalue weighted by Crippen LogP contribution is -2.26. The minimum atomic E-state index is -3.79. The summed E-state index contributed by atoms with van der Waals surface area (Å²) in [4.78, 5) is 12.4. The molecule has 0 heterocycles. The van der Waals surface area contributed by atoms with Gasteiger partial charge in [-0.3, -0.25) is 8.98 Å². The molecule has 2 fully saturated rings. The number of Topliss-reactive ketones (excluding diaryl/α,β-unsaturated/α-hetero) is 1. The zero-order valence-electron chi connectivity index (χ0n) is 16.6. The summed E-state index contributed by atoms with van der Waals surface area (Å²) in [5, 5.41) is 0. The third kappa shape index (κ3) is 5.20. The van der Waals surface area contributed by atoms with Crippen molar-refractivity contribution in [3.05, 3.63) is 29.8 Å². The lowest BCUT2D eigenvalue weighted by Gasteiger charge is -2.23. The summed E-state index contributed by atoms with van der Waals surface area (Å²) >= 11 is 0. The number of fused-ring (bicyclic) bond motifs is 1. The molecule has 1 unspecified atom stereocenters. The molecule has 0 N–H and O–H groups in total. The van der Waals surface area contributed by atoms with Crippen LogP contribution in [-0.2, 0) is 28.6 Å². The van der Waals surface area contributed by atoms with Gasteiger partial charge < -0.3 is 9.47 Å². The van der Waals surface area contributed by atoms with Crippen molar-refractivity contribution in [1.29, 1.82) is 0 Å². The summed E-state index contributed by atoms with van der Waals surface area (Å²) in [6.07, 6.45) is 4.82. The molecular weight excluding hydrogens is 380 g/mol. The minimum Gasteiger partial charge on any atom is -0.359 e. The van der Waals surface area contributed by atoms with E-state index >= 15 is 0 Å². The molecule has 2 aliphatic carbocycles. The van der Waals surface area contributed by atoms with Crippen LogP contribution in [0.25, 0.3) is 0 Å². The first-order chi connectivity index (χ1) is 13.4. The van der Waals surface area contributed by atoms with Crippen molar-refractivity contribution in [2.24, 2.45) is 17.8 Å². The fraction of sp³-hybridized carbons (Fsp3) is 0.667. The molecular formula is C21H30O6S. The summed E-state index contributed by atoms with van der Waals surface area (Å²) in [5.74, 6) is 1.20. The number of hydrogen-bond acceptors (Lipinski definition) is 6. The SMILES string of the molecule is COCOC(CCOS(=O)(=O)c1ccc(C)cc1)[C@@H]1C[C@@H]2CCCC(=O)[C@@H]2C1. The van der Waals surface area contributed by atoms with E-state index < -0.39 is 10.1 Å². The van der Waals surface area contributed by atoms with Gasteiger partial charge in [0, 0.05) is 19.4 Å². The van der Waals surface area contributed by atoms with Crippen LogP contribution in [0.3, 0.4) is 0 Å². The number of aryl methyl sites for hydroxylation is 1. The van der Waals surface area contributed by atoms with Gasteiger partial charge in [0.2, 0.25) is 0 Å². The Kier molecular flexibility index (Phi) is 7.25. The first-order valence-corrected chi connectivity index (χ1v) is 11.4. The Bertz CT molecular complexity index is 758. The van der Waals surface area contributed by atoms with Gasteiger partial charge in [0.15, 0.2) is 0 Å². The fourth-order valence-electron chi connectivity index (χ4n) is 4.57. The van der Waals surface area contributed by atoms with E-state index in [0.717, 1.165) is 31.2 Å². The van der Waals surface area contributed by atoms with Crippen LogP contribution in [0.4, 0.5) is 0 Å². The number of rotatable bonds is 9. The molecule has 156 valence electrons. The zero-order valence-corrected chi connectivity index (χ0v) is 17.4. The molecule has 1 aromatic rings. The summed E-state index contributed by atoms with van der Waals surface area (Å²) < 4.78 is 40.9. The van der Waals surface area contributed by atoms with Gasteiger partial charge >= 0.3 is 0 Å². The van der Waals surface area contributed by atoms with Crippen molar-refractivity contribution < 1.29 is 26.9 Å². The van der Waals surface area contributed by atoms with E-state index in [4.69, 9.17) is 13.7 Å². The molecule has 3 rings (SSSR count). The predicted octanol–water partition coefficient (Wildman–Crippen LogP) is 3.47. The molecule has 0 spiro atoms. The first kappa shape index (κ1) is 21.4. The second-order valence-corrected chi connectivity index (χ2v) is 9.56. The lowest BCUT2D eigenvalue weighted by atomic mass is 9.81. The number of carbonyl (C=O) groups is 1. The number of ketones is 1. The number of benzene rings is 1. The van der Waals surface area contributed by atoms with Gasteiger partial charge in [0.05, 0.1) is 17.6 Å². The van der Waals surface area contributed by atoms with Crippen LogP contribution in [0.1, 0.15) is 44.1 Å². The maximum absolute atomic E-state index is 12.4. The van der Waals surface area contributed by atoms with E-state index in [1.54, 1.807) is 31.4 Å². The van der Waals surface area contributed by atoms with Crippen LogP contribution in [-0.4, -0.2) is 40.8 Å². The van der Waals surface area contributed by atoms with Gasteiger partial charge in [0.25, 0.3) is 10.1 Å². The third-order valence-electron chi connectivity index (χ3n) is 6.02. The molecule has 0 saturated heterocycles. The summed E-state index contributed by atoms with van der Waals surface area (Å²) in [7, 11) is -2.22. The quantitative estimate of drug-likeness (QED) is 0.458. The van der Waals surface area contributed by atoms with Crippen LogP contribution in [0.2, 0.25) is 0 Å². The Hall–Kier alpha value is -1.28. The molecule has 2 saturated carbocycles. The maximum atomic E-state index is 12.4. The monoisotopic (exact) mass is 410 g/mol. The van der Waals surface area contributed by atoms with Crippen LogP contribution in [0, 0.1) is 24.7 Å². The third-order valence-corrected chi connectivity index (χ3v) is 7.35. The molecule has 2 aliphatic rings. The van der Waals surface area contributed by atoms with Crippen molar-refractivity contribution in [3.8, 4) is 0 Å². The Morgan fingerprint density at radius 2 is 1.93 bits per heavy atom. The van der Waals surface area contributed by atoms with Crippen LogP contribution in [0.5, 0.6) is 0 Å². The van der Waals surface area contributed by atoms with E-state index in [9.17, 15) is 13.2 Å². The predicted molar refractivity (Wildman–Crippen MR) is 104 cm³/mol. The summed E-state index contributed by atoms with van der Waals surface area (Å²) in [6, 6.07) is 6.60. The van der Waals surface area contributed by atoms with E-state index in [1.807, 2.05) is 6.92 Å². The molecule has 0 aromatic heterocycles. The van der Waals surface area contributed by atoms with Gasteiger partial charge in [-0.1, -0.05) is 17.7 Å². The highest BCUT2D eigenvalue weighted by Gasteiger charge is 2.43. The van der Waals surface area contributed by atoms with Gasteiger partial charge in [-0.05, 0) is 63.0 Å². The average molecular weight is 411 g/mol. The molecule has 28 heavy (non-hydrogen) atoms. The highest BCUT2D eigenvalue weighted by molar-refractivity contribution is 7.86. The number of methoxy groups -OCH3 is 1. The highest BCUT2D eigenvalue weighted by Crippen LogP contribution is 2.45. The summed E-state index contributed by atoms with van der Waals surface area (Å²) in [6.45, 7) is 2.10. The highest BCUT2D eigenvalue weighted by atomic mass is 32.2. The van der Waals surface area contributed by atoms with E-state index in [1.165, 1.54) is 0 Å². The molecule has 0 radical (unpaired) electrons. The van der Waals surface area contributed by atoms with Crippen molar-refractivity contribution in [2.45, 2.75) is 56.4 Å². The van der Waals surface area contributed by atoms with Crippen LogP contribution >= 0.6 is 0 Å².